The predicted octanol–water partition coefficient (Wildman–Crippen LogP) is 1.24. The van der Waals surface area contributed by atoms with Crippen molar-refractivity contribution in [3.8, 4) is 0 Å². The summed E-state index contributed by atoms with van der Waals surface area (Å²) in [5.41, 5.74) is 0.642. The van der Waals surface area contributed by atoms with Gasteiger partial charge in [-0.25, -0.2) is 4.68 Å². The lowest BCUT2D eigenvalue weighted by Crippen LogP contribution is -2.21. The van der Waals surface area contributed by atoms with Crippen LogP contribution in [0.25, 0.3) is 0 Å². The third-order valence-corrected chi connectivity index (χ3v) is 2.75. The van der Waals surface area contributed by atoms with Crippen LogP contribution in [0.5, 0.6) is 0 Å². The molecule has 0 radical (unpaired) electrons. The Hall–Kier alpha value is -1.59. The van der Waals surface area contributed by atoms with Crippen molar-refractivity contribution in [1.29, 1.82) is 0 Å². The summed E-state index contributed by atoms with van der Waals surface area (Å²) >= 11 is 0. The van der Waals surface area contributed by atoms with E-state index in [2.05, 4.69) is 5.10 Å². The van der Waals surface area contributed by atoms with Crippen LogP contribution in [0.1, 0.15) is 18.5 Å². The third kappa shape index (κ3) is 1.55. The number of anilines is 1. The highest BCUT2D eigenvalue weighted by molar-refractivity contribution is 5.61. The van der Waals surface area contributed by atoms with Crippen LogP contribution >= 0.6 is 0 Å². The molecule has 1 aliphatic heterocycles. The van der Waals surface area contributed by atoms with E-state index in [0.717, 1.165) is 25.9 Å². The molecule has 6 nitrogen and oxygen atoms in total. The highest BCUT2D eigenvalue weighted by atomic mass is 16.6. The number of aromatic nitrogens is 2. The maximum Gasteiger partial charge on any atom is 0.333 e. The van der Waals surface area contributed by atoms with Gasteiger partial charge in [0.05, 0.1) is 4.92 Å². The molecular formula is C9H14N4O2. The molecule has 0 saturated carbocycles. The zero-order valence-corrected chi connectivity index (χ0v) is 8.93. The Labute approximate surface area is 87.6 Å². The standard InChI is InChI=1S/C9H14N4O2/c1-7-8(13(14)15)9(11(2)10-7)12-5-3-4-6-12/h3-6H2,1-2H3. The fourth-order valence-electron chi connectivity index (χ4n) is 2.13. The average molecular weight is 210 g/mol. The highest BCUT2D eigenvalue weighted by Gasteiger charge is 2.29. The molecule has 2 heterocycles. The van der Waals surface area contributed by atoms with Crippen molar-refractivity contribution in [2.24, 2.45) is 7.05 Å². The van der Waals surface area contributed by atoms with E-state index in [1.807, 2.05) is 4.90 Å². The molecular weight excluding hydrogens is 196 g/mol. The quantitative estimate of drug-likeness (QED) is 0.544. The topological polar surface area (TPSA) is 64.2 Å². The second-order valence-corrected chi connectivity index (χ2v) is 3.83. The van der Waals surface area contributed by atoms with E-state index >= 15 is 0 Å². The van der Waals surface area contributed by atoms with E-state index in [0.29, 0.717) is 11.5 Å². The summed E-state index contributed by atoms with van der Waals surface area (Å²) in [6.45, 7) is 3.46. The van der Waals surface area contributed by atoms with Gasteiger partial charge in [0.15, 0.2) is 0 Å². The summed E-state index contributed by atoms with van der Waals surface area (Å²) < 4.78 is 1.61. The molecule has 1 fully saturated rings. The maximum atomic E-state index is 10.9. The Morgan fingerprint density at radius 1 is 1.40 bits per heavy atom. The van der Waals surface area contributed by atoms with E-state index in [-0.39, 0.29) is 10.6 Å². The van der Waals surface area contributed by atoms with Crippen LogP contribution in [0.2, 0.25) is 0 Å². The molecule has 0 bridgehead atoms. The van der Waals surface area contributed by atoms with Gasteiger partial charge in [-0.1, -0.05) is 0 Å². The summed E-state index contributed by atoms with van der Waals surface area (Å²) in [6, 6.07) is 0. The van der Waals surface area contributed by atoms with E-state index in [1.54, 1.807) is 18.7 Å². The summed E-state index contributed by atoms with van der Waals surface area (Å²) in [5.74, 6) is 0.648. The van der Waals surface area contributed by atoms with Crippen molar-refractivity contribution in [2.75, 3.05) is 18.0 Å². The molecule has 0 amide bonds. The summed E-state index contributed by atoms with van der Waals surface area (Å²) in [5, 5.41) is 15.0. The first-order valence-corrected chi connectivity index (χ1v) is 5.04. The van der Waals surface area contributed by atoms with Gasteiger partial charge in [-0.15, -0.1) is 0 Å². The van der Waals surface area contributed by atoms with Gasteiger partial charge in [0.25, 0.3) is 0 Å². The molecule has 1 aromatic heterocycles. The lowest BCUT2D eigenvalue weighted by Gasteiger charge is -2.15. The zero-order valence-electron chi connectivity index (χ0n) is 8.93. The molecule has 0 unspecified atom stereocenters. The number of rotatable bonds is 2. The van der Waals surface area contributed by atoms with Gasteiger partial charge in [-0.2, -0.15) is 5.10 Å². The third-order valence-electron chi connectivity index (χ3n) is 2.75. The maximum absolute atomic E-state index is 10.9. The molecule has 1 aromatic rings. The van der Waals surface area contributed by atoms with Crippen molar-refractivity contribution >= 4 is 11.5 Å². The van der Waals surface area contributed by atoms with E-state index in [9.17, 15) is 10.1 Å². The molecule has 0 spiro atoms. The van der Waals surface area contributed by atoms with Gasteiger partial charge >= 0.3 is 5.69 Å². The summed E-state index contributed by atoms with van der Waals surface area (Å²) in [7, 11) is 1.76. The van der Waals surface area contributed by atoms with Crippen molar-refractivity contribution in [2.45, 2.75) is 19.8 Å². The molecule has 0 aliphatic carbocycles. The molecule has 2 rings (SSSR count). The van der Waals surface area contributed by atoms with Crippen LogP contribution in [0.15, 0.2) is 0 Å². The van der Waals surface area contributed by atoms with Crippen molar-refractivity contribution in [3.63, 3.8) is 0 Å². The second-order valence-electron chi connectivity index (χ2n) is 3.83. The summed E-state index contributed by atoms with van der Waals surface area (Å²) in [6.07, 6.45) is 2.20. The van der Waals surface area contributed by atoms with Crippen LogP contribution < -0.4 is 4.90 Å². The van der Waals surface area contributed by atoms with Gasteiger partial charge in [0.2, 0.25) is 5.82 Å². The average Bonchev–Trinajstić information content (AvgIpc) is 2.71. The SMILES string of the molecule is Cc1nn(C)c(N2CCCC2)c1[N+](=O)[O-]. The van der Waals surface area contributed by atoms with Crippen LogP contribution in [0, 0.1) is 17.0 Å². The van der Waals surface area contributed by atoms with Gasteiger partial charge in [0.1, 0.15) is 5.69 Å². The minimum Gasteiger partial charge on any atom is -0.351 e. The molecule has 6 heteroatoms. The summed E-state index contributed by atoms with van der Waals surface area (Å²) in [4.78, 5) is 12.6. The second kappa shape index (κ2) is 3.52. The molecule has 0 aromatic carbocycles. The molecule has 0 atom stereocenters. The molecule has 1 aliphatic rings. The van der Waals surface area contributed by atoms with Gasteiger partial charge < -0.3 is 4.90 Å². The van der Waals surface area contributed by atoms with E-state index < -0.39 is 0 Å². The van der Waals surface area contributed by atoms with Crippen LogP contribution in [-0.4, -0.2) is 27.8 Å². The van der Waals surface area contributed by atoms with Crippen LogP contribution in [0.3, 0.4) is 0 Å². The van der Waals surface area contributed by atoms with E-state index in [4.69, 9.17) is 0 Å². The Kier molecular flexibility index (Phi) is 2.34. The minimum atomic E-state index is -0.337. The highest BCUT2D eigenvalue weighted by Crippen LogP contribution is 2.32. The normalized spacial score (nSPS) is 16.0. The first-order valence-electron chi connectivity index (χ1n) is 5.04. The fourth-order valence-corrected chi connectivity index (χ4v) is 2.13. The Balaban J connectivity index is 2.47. The zero-order chi connectivity index (χ0) is 11.0. The number of hydrogen-bond acceptors (Lipinski definition) is 4. The lowest BCUT2D eigenvalue weighted by molar-refractivity contribution is -0.384. The van der Waals surface area contributed by atoms with Gasteiger partial charge in [-0.3, -0.25) is 10.1 Å². The van der Waals surface area contributed by atoms with Crippen molar-refractivity contribution in [3.05, 3.63) is 15.8 Å². The number of nitro groups is 1. The van der Waals surface area contributed by atoms with Crippen LogP contribution in [-0.2, 0) is 7.05 Å². The van der Waals surface area contributed by atoms with E-state index in [1.165, 1.54) is 0 Å². The first-order chi connectivity index (χ1) is 7.11. The molecule has 0 N–H and O–H groups in total. The van der Waals surface area contributed by atoms with Crippen molar-refractivity contribution in [1.82, 2.24) is 9.78 Å². The molecule has 82 valence electrons. The Morgan fingerprint density at radius 2 is 2.00 bits per heavy atom. The van der Waals surface area contributed by atoms with Crippen molar-refractivity contribution < 1.29 is 4.92 Å². The fraction of sp³-hybridized carbons (Fsp3) is 0.667. The van der Waals surface area contributed by atoms with Gasteiger partial charge in [-0.05, 0) is 19.8 Å². The Morgan fingerprint density at radius 3 is 2.53 bits per heavy atom. The number of aryl methyl sites for hydroxylation is 2. The predicted molar refractivity (Wildman–Crippen MR) is 56.0 cm³/mol. The largest absolute Gasteiger partial charge is 0.351 e. The smallest absolute Gasteiger partial charge is 0.333 e. The monoisotopic (exact) mass is 210 g/mol. The minimum absolute atomic E-state index is 0.152. The first kappa shape index (κ1) is 9.95. The number of nitrogens with zero attached hydrogens (tertiary/aromatic N) is 4. The van der Waals surface area contributed by atoms with Gasteiger partial charge in [0, 0.05) is 20.1 Å². The molecule has 1 saturated heterocycles. The molecule has 15 heavy (non-hydrogen) atoms. The lowest BCUT2D eigenvalue weighted by atomic mass is 10.3. The number of hydrogen-bond donors (Lipinski definition) is 0. The Bertz CT molecular complexity index is 393. The van der Waals surface area contributed by atoms with Crippen LogP contribution in [0.4, 0.5) is 11.5 Å².